The van der Waals surface area contributed by atoms with Gasteiger partial charge in [0.15, 0.2) is 5.78 Å². The Kier molecular flexibility index (Phi) is 7.00. The molecule has 0 aromatic heterocycles. The van der Waals surface area contributed by atoms with Gasteiger partial charge in [0.2, 0.25) is 0 Å². The van der Waals surface area contributed by atoms with Crippen LogP contribution in [0.1, 0.15) is 27.6 Å². The molecule has 0 N–H and O–H groups in total. The van der Waals surface area contributed by atoms with E-state index in [4.69, 9.17) is 16.3 Å². The molecule has 0 radical (unpaired) electrons. The van der Waals surface area contributed by atoms with Crippen molar-refractivity contribution in [2.45, 2.75) is 16.6 Å². The summed E-state index contributed by atoms with van der Waals surface area (Å²) < 4.78 is 6.20. The minimum atomic E-state index is -0.00181. The van der Waals surface area contributed by atoms with Crippen LogP contribution in [0.3, 0.4) is 0 Å². The number of rotatable bonds is 7. The van der Waals surface area contributed by atoms with Crippen molar-refractivity contribution in [2.75, 3.05) is 7.11 Å². The van der Waals surface area contributed by atoms with Gasteiger partial charge >= 0.3 is 0 Å². The molecule has 0 amide bonds. The van der Waals surface area contributed by atoms with Gasteiger partial charge in [-0.25, -0.2) is 0 Å². The summed E-state index contributed by atoms with van der Waals surface area (Å²) in [6, 6.07) is 23.1. The minimum Gasteiger partial charge on any atom is -0.497 e. The number of carbonyl (C=O) groups is 1. The Bertz CT molecular complexity index is 893. The summed E-state index contributed by atoms with van der Waals surface area (Å²) >= 11 is 11.2. The lowest BCUT2D eigenvalue weighted by atomic mass is 10.0. The van der Waals surface area contributed by atoms with Crippen molar-refractivity contribution in [3.63, 3.8) is 0 Å². The quantitative estimate of drug-likeness (QED) is 0.274. The largest absolute Gasteiger partial charge is 0.497 e. The third-order valence-corrected chi connectivity index (χ3v) is 6.16. The number of hydrogen-bond donors (Lipinski definition) is 0. The third kappa shape index (κ3) is 5.61. The zero-order valence-electron chi connectivity index (χ0n) is 14.7. The molecular weight excluding hydrogens is 444 g/mol. The van der Waals surface area contributed by atoms with Gasteiger partial charge in [-0.3, -0.25) is 4.79 Å². The molecule has 0 spiro atoms. The number of methoxy groups -OCH3 is 1. The summed E-state index contributed by atoms with van der Waals surface area (Å²) in [5.74, 6) is 0.840. The molecule has 27 heavy (non-hydrogen) atoms. The molecule has 0 saturated heterocycles. The fourth-order valence-electron chi connectivity index (χ4n) is 2.65. The normalized spacial score (nSPS) is 11.8. The van der Waals surface area contributed by atoms with E-state index < -0.39 is 0 Å². The van der Waals surface area contributed by atoms with Crippen LogP contribution in [0.2, 0.25) is 5.02 Å². The number of Topliss-reactive ketones (excluding diaryl/α,β-unsaturated/α-hetero) is 1. The van der Waals surface area contributed by atoms with Crippen molar-refractivity contribution >= 4 is 45.1 Å². The minimum absolute atomic E-state index is 0.00181. The van der Waals surface area contributed by atoms with E-state index in [-0.39, 0.29) is 11.0 Å². The fourth-order valence-corrected chi connectivity index (χ4v) is 4.19. The molecule has 0 aliphatic heterocycles. The number of ether oxygens (including phenoxy) is 1. The van der Waals surface area contributed by atoms with E-state index in [1.165, 1.54) is 0 Å². The van der Waals surface area contributed by atoms with E-state index in [2.05, 4.69) is 28.1 Å². The molecule has 0 fully saturated rings. The fraction of sp³-hybridized carbons (Fsp3) is 0.136. The molecule has 0 heterocycles. The molecule has 1 atom stereocenters. The van der Waals surface area contributed by atoms with Crippen LogP contribution < -0.4 is 4.74 Å². The zero-order valence-corrected chi connectivity index (χ0v) is 17.9. The van der Waals surface area contributed by atoms with Gasteiger partial charge < -0.3 is 4.74 Å². The van der Waals surface area contributed by atoms with Gasteiger partial charge in [0.05, 0.1) is 7.11 Å². The smallest absolute Gasteiger partial charge is 0.164 e. The number of carbonyl (C=O) groups excluding carboxylic acids is 1. The first-order chi connectivity index (χ1) is 13.0. The second-order valence-corrected chi connectivity index (χ2v) is 8.60. The molecule has 0 bridgehead atoms. The van der Waals surface area contributed by atoms with Crippen molar-refractivity contribution in [1.82, 2.24) is 0 Å². The van der Waals surface area contributed by atoms with Crippen molar-refractivity contribution < 1.29 is 9.53 Å². The number of ketones is 1. The first-order valence-electron chi connectivity index (χ1n) is 8.40. The lowest BCUT2D eigenvalue weighted by Gasteiger charge is -2.17. The van der Waals surface area contributed by atoms with Crippen LogP contribution in [-0.4, -0.2) is 12.9 Å². The monoisotopic (exact) mass is 460 g/mol. The van der Waals surface area contributed by atoms with Gasteiger partial charge in [-0.1, -0.05) is 39.7 Å². The molecule has 138 valence electrons. The van der Waals surface area contributed by atoms with E-state index in [9.17, 15) is 4.79 Å². The second-order valence-electron chi connectivity index (χ2n) is 5.97. The molecule has 0 saturated carbocycles. The Morgan fingerprint density at radius 1 is 1.00 bits per heavy atom. The molecule has 0 aliphatic carbocycles. The maximum atomic E-state index is 12.9. The SMILES string of the molecule is COc1ccc(C(=O)C[C@H](Sc2ccc(Br)cc2)c2ccc(Cl)cc2)cc1. The van der Waals surface area contributed by atoms with Gasteiger partial charge in [0, 0.05) is 31.6 Å². The van der Waals surface area contributed by atoms with Crippen LogP contribution >= 0.6 is 39.3 Å². The second kappa shape index (κ2) is 9.45. The van der Waals surface area contributed by atoms with E-state index in [0.717, 1.165) is 20.7 Å². The molecule has 3 aromatic carbocycles. The molecular formula is C22H18BrClO2S. The van der Waals surface area contributed by atoms with E-state index in [1.807, 2.05) is 60.7 Å². The van der Waals surface area contributed by atoms with Crippen molar-refractivity contribution in [2.24, 2.45) is 0 Å². The Morgan fingerprint density at radius 2 is 1.63 bits per heavy atom. The highest BCUT2D eigenvalue weighted by Crippen LogP contribution is 2.39. The molecule has 0 aliphatic rings. The van der Waals surface area contributed by atoms with Crippen LogP contribution in [-0.2, 0) is 0 Å². The van der Waals surface area contributed by atoms with Crippen LogP contribution in [0.4, 0.5) is 0 Å². The van der Waals surface area contributed by atoms with Crippen LogP contribution in [0.5, 0.6) is 5.75 Å². The highest BCUT2D eigenvalue weighted by Gasteiger charge is 2.19. The average molecular weight is 462 g/mol. The van der Waals surface area contributed by atoms with Gasteiger partial charge in [-0.2, -0.15) is 0 Å². The lowest BCUT2D eigenvalue weighted by Crippen LogP contribution is -2.05. The maximum absolute atomic E-state index is 12.9. The van der Waals surface area contributed by atoms with E-state index >= 15 is 0 Å². The molecule has 3 aromatic rings. The average Bonchev–Trinajstić information content (AvgIpc) is 2.70. The molecule has 2 nitrogen and oxygen atoms in total. The highest BCUT2D eigenvalue weighted by molar-refractivity contribution is 9.10. The predicted molar refractivity (Wildman–Crippen MR) is 116 cm³/mol. The van der Waals surface area contributed by atoms with E-state index in [0.29, 0.717) is 17.0 Å². The summed E-state index contributed by atoms with van der Waals surface area (Å²) in [6.07, 6.45) is 0.398. The third-order valence-electron chi connectivity index (χ3n) is 4.12. The van der Waals surface area contributed by atoms with Crippen molar-refractivity contribution in [1.29, 1.82) is 0 Å². The van der Waals surface area contributed by atoms with Crippen LogP contribution in [0.25, 0.3) is 0 Å². The van der Waals surface area contributed by atoms with Gasteiger partial charge in [-0.15, -0.1) is 11.8 Å². The number of hydrogen-bond acceptors (Lipinski definition) is 3. The van der Waals surface area contributed by atoms with Crippen LogP contribution in [0, 0.1) is 0 Å². The van der Waals surface area contributed by atoms with Crippen molar-refractivity contribution in [3.8, 4) is 5.75 Å². The molecule has 0 unspecified atom stereocenters. The predicted octanol–water partition coefficient (Wildman–Crippen LogP) is 7.22. The number of halogens is 2. The summed E-state index contributed by atoms with van der Waals surface area (Å²) in [5.41, 5.74) is 1.76. The summed E-state index contributed by atoms with van der Waals surface area (Å²) in [7, 11) is 1.61. The number of benzene rings is 3. The van der Waals surface area contributed by atoms with Gasteiger partial charge in [0.1, 0.15) is 5.75 Å². The summed E-state index contributed by atoms with van der Waals surface area (Å²) in [4.78, 5) is 14.0. The topological polar surface area (TPSA) is 26.3 Å². The molecule has 5 heteroatoms. The Hall–Kier alpha value is -1.75. The summed E-state index contributed by atoms with van der Waals surface area (Å²) in [6.45, 7) is 0. The number of thioether (sulfide) groups is 1. The zero-order chi connectivity index (χ0) is 19.2. The Balaban J connectivity index is 1.82. The molecule has 3 rings (SSSR count). The Morgan fingerprint density at radius 3 is 2.22 bits per heavy atom. The Labute approximate surface area is 177 Å². The maximum Gasteiger partial charge on any atom is 0.164 e. The summed E-state index contributed by atoms with van der Waals surface area (Å²) in [5, 5.41) is 0.686. The first kappa shape index (κ1) is 20.0. The van der Waals surface area contributed by atoms with E-state index in [1.54, 1.807) is 18.9 Å². The van der Waals surface area contributed by atoms with Gasteiger partial charge in [-0.05, 0) is 66.2 Å². The van der Waals surface area contributed by atoms with Crippen LogP contribution in [0.15, 0.2) is 82.2 Å². The standard InChI is InChI=1S/C22H18BrClO2S/c1-26-19-10-4-15(5-11-19)21(25)14-22(16-2-8-18(24)9-3-16)27-20-12-6-17(23)7-13-20/h2-13,22H,14H2,1H3/t22-/m0/s1. The van der Waals surface area contributed by atoms with Crippen molar-refractivity contribution in [3.05, 3.63) is 93.4 Å². The van der Waals surface area contributed by atoms with Gasteiger partial charge in [0.25, 0.3) is 0 Å². The first-order valence-corrected chi connectivity index (χ1v) is 10.4. The lowest BCUT2D eigenvalue weighted by molar-refractivity contribution is 0.0982. The highest BCUT2D eigenvalue weighted by atomic mass is 79.9.